The number of fused-ring (bicyclic) bond motifs is 1. The van der Waals surface area contributed by atoms with Crippen molar-refractivity contribution in [3.63, 3.8) is 0 Å². The van der Waals surface area contributed by atoms with Gasteiger partial charge in [-0.05, 0) is 69.9 Å². The highest BCUT2D eigenvalue weighted by Crippen LogP contribution is 2.33. The van der Waals surface area contributed by atoms with E-state index < -0.39 is 83.2 Å². The molecule has 15 nitrogen and oxygen atoms in total. The number of carbonyl (C=O) groups excluding carboxylic acids is 6. The molecule has 0 saturated carbocycles. The van der Waals surface area contributed by atoms with Crippen molar-refractivity contribution >= 4 is 41.8 Å². The van der Waals surface area contributed by atoms with Gasteiger partial charge in [0, 0.05) is 36.5 Å². The van der Waals surface area contributed by atoms with Crippen molar-refractivity contribution in [2.45, 2.75) is 109 Å². The van der Waals surface area contributed by atoms with Crippen molar-refractivity contribution in [1.29, 1.82) is 0 Å². The van der Waals surface area contributed by atoms with Crippen LogP contribution in [0.25, 0.3) is 6.08 Å². The molecule has 53 heavy (non-hydrogen) atoms. The Balaban J connectivity index is 1.17. The Morgan fingerprint density at radius 2 is 1.83 bits per heavy atom. The molecule has 1 aromatic rings. The van der Waals surface area contributed by atoms with Gasteiger partial charge in [0.25, 0.3) is 0 Å². The molecule has 15 heteroatoms. The summed E-state index contributed by atoms with van der Waals surface area (Å²) in [6.07, 6.45) is 2.39. The van der Waals surface area contributed by atoms with Crippen molar-refractivity contribution < 1.29 is 62.3 Å². The number of hydrogen-bond donors (Lipinski definition) is 2. The average molecular weight is 741 g/mol. The lowest BCUT2D eigenvalue weighted by atomic mass is 9.90. The molecule has 0 bridgehead atoms. The van der Waals surface area contributed by atoms with Gasteiger partial charge in [-0.1, -0.05) is 26.0 Å². The Kier molecular flexibility index (Phi) is 12.4. The van der Waals surface area contributed by atoms with Gasteiger partial charge in [-0.3, -0.25) is 14.4 Å². The number of carbonyl (C=O) groups is 6. The summed E-state index contributed by atoms with van der Waals surface area (Å²) < 4.78 is 32.9. The zero-order chi connectivity index (χ0) is 38.5. The molecule has 3 aliphatic heterocycles. The first kappa shape index (κ1) is 39.6. The summed E-state index contributed by atoms with van der Waals surface area (Å²) in [5.74, 6) is -3.23. The van der Waals surface area contributed by atoms with Crippen molar-refractivity contribution in [3.8, 4) is 0 Å². The number of nitrogens with one attached hydrogen (secondary N) is 1. The fourth-order valence-corrected chi connectivity index (χ4v) is 6.56. The summed E-state index contributed by atoms with van der Waals surface area (Å²) in [5.41, 5.74) is -0.159. The number of ether oxygens (including phenoxy) is 6. The number of likely N-dealkylation sites (tertiary alicyclic amines) is 1. The number of aliphatic hydroxyl groups excluding tert-OH is 1. The summed E-state index contributed by atoms with van der Waals surface area (Å²) in [5, 5.41) is 12.7. The highest BCUT2D eigenvalue weighted by Gasteiger charge is 2.47. The van der Waals surface area contributed by atoms with E-state index in [1.165, 1.54) is 29.2 Å². The Hall–Kier alpha value is -4.60. The van der Waals surface area contributed by atoms with Gasteiger partial charge in [-0.25, -0.2) is 14.4 Å². The van der Waals surface area contributed by atoms with Crippen LogP contribution in [0.15, 0.2) is 42.0 Å². The van der Waals surface area contributed by atoms with E-state index in [9.17, 15) is 33.9 Å². The quantitative estimate of drug-likeness (QED) is 0.181. The molecule has 6 atom stereocenters. The van der Waals surface area contributed by atoms with E-state index in [1.807, 2.05) is 0 Å². The topological polar surface area (TPSA) is 193 Å². The molecule has 3 heterocycles. The summed E-state index contributed by atoms with van der Waals surface area (Å²) >= 11 is 0. The van der Waals surface area contributed by atoms with E-state index in [-0.39, 0.29) is 44.8 Å². The third kappa shape index (κ3) is 10.1. The van der Waals surface area contributed by atoms with Crippen molar-refractivity contribution in [2.75, 3.05) is 26.6 Å². The van der Waals surface area contributed by atoms with Crippen LogP contribution < -0.4 is 5.32 Å². The molecule has 0 radical (unpaired) electrons. The molecule has 288 valence electrons. The lowest BCUT2D eigenvalue weighted by Crippen LogP contribution is -2.51. The smallest absolute Gasteiger partial charge is 0.348 e. The lowest BCUT2D eigenvalue weighted by molar-refractivity contribution is -0.159. The molecule has 3 fully saturated rings. The summed E-state index contributed by atoms with van der Waals surface area (Å²) in [4.78, 5) is 78.4. The van der Waals surface area contributed by atoms with Gasteiger partial charge in [0.05, 0.1) is 18.2 Å². The second kappa shape index (κ2) is 16.6. The molecule has 3 saturated heterocycles. The van der Waals surface area contributed by atoms with E-state index in [4.69, 9.17) is 28.4 Å². The minimum absolute atomic E-state index is 0.00493. The zero-order valence-corrected chi connectivity index (χ0v) is 30.7. The Bertz CT molecular complexity index is 1630. The highest BCUT2D eigenvalue weighted by molar-refractivity contribution is 5.98. The first-order valence-electron chi connectivity index (χ1n) is 17.8. The van der Waals surface area contributed by atoms with Crippen molar-refractivity contribution in [2.24, 2.45) is 5.41 Å². The molecule has 1 aliphatic carbocycles. The maximum atomic E-state index is 13.9. The second-order valence-corrected chi connectivity index (χ2v) is 15.3. The molecular weight excluding hydrogens is 692 g/mol. The maximum absolute atomic E-state index is 13.9. The molecule has 5 rings (SSSR count). The van der Waals surface area contributed by atoms with Crippen molar-refractivity contribution in [3.05, 3.63) is 53.1 Å². The first-order chi connectivity index (χ1) is 25.0. The molecule has 2 N–H and O–H groups in total. The molecular formula is C38H48N2O13. The van der Waals surface area contributed by atoms with E-state index >= 15 is 0 Å². The van der Waals surface area contributed by atoms with Crippen LogP contribution in [0.1, 0.15) is 82.6 Å². The Labute approximate surface area is 307 Å². The normalized spacial score (nSPS) is 25.6. The monoisotopic (exact) mass is 740 g/mol. The van der Waals surface area contributed by atoms with Crippen LogP contribution in [-0.4, -0.2) is 114 Å². The fourth-order valence-electron chi connectivity index (χ4n) is 6.56. The van der Waals surface area contributed by atoms with Gasteiger partial charge >= 0.3 is 23.9 Å². The van der Waals surface area contributed by atoms with Gasteiger partial charge in [-0.2, -0.15) is 0 Å². The molecule has 0 aromatic heterocycles. The van der Waals surface area contributed by atoms with Crippen LogP contribution in [0, 0.1) is 5.41 Å². The summed E-state index contributed by atoms with van der Waals surface area (Å²) in [7, 11) is 0. The Morgan fingerprint density at radius 1 is 1.09 bits per heavy atom. The highest BCUT2D eigenvalue weighted by atomic mass is 16.7. The average Bonchev–Trinajstić information content (AvgIpc) is 3.85. The van der Waals surface area contributed by atoms with E-state index in [2.05, 4.69) is 5.32 Å². The van der Waals surface area contributed by atoms with Crippen LogP contribution in [0.4, 0.5) is 0 Å². The molecule has 0 spiro atoms. The Morgan fingerprint density at radius 3 is 2.49 bits per heavy atom. The van der Waals surface area contributed by atoms with Crippen LogP contribution in [0.2, 0.25) is 0 Å². The fraction of sp³-hybridized carbons (Fsp3) is 0.579. The van der Waals surface area contributed by atoms with Gasteiger partial charge < -0.3 is 43.7 Å². The SMILES string of the molecule is CC(C)(C)OC(=O)CCC(CO)NC(=O)C1CCCN1C(=O)C1=CC2OCOC2C(OC(=O)c2ccc(C=CC(=O)OC3C(=O)OCC3(C)C)cc2)C1. The number of nitrogens with zero attached hydrogens (tertiary/aromatic N) is 1. The standard InChI is InChI=1S/C38H48N2O13/c1-37(2,3)53-30(43)15-13-25(19-41)39-33(44)26-7-6-16-40(26)34(45)24-17-27-31(50-21-49-27)28(18-24)51-35(46)23-11-8-22(9-12-23)10-14-29(42)52-32-36(47)48-20-38(32,4)5/h8-12,14,17,25-28,31-32,41H,6-7,13,15-16,18-21H2,1-5H3,(H,39,44). The predicted molar refractivity (Wildman–Crippen MR) is 185 cm³/mol. The zero-order valence-electron chi connectivity index (χ0n) is 30.7. The van der Waals surface area contributed by atoms with Gasteiger partial charge in [0.1, 0.15) is 43.4 Å². The van der Waals surface area contributed by atoms with Crippen molar-refractivity contribution in [1.82, 2.24) is 10.2 Å². The van der Waals surface area contributed by atoms with Crippen LogP contribution in [0.3, 0.4) is 0 Å². The third-order valence-corrected chi connectivity index (χ3v) is 9.33. The number of cyclic esters (lactones) is 1. The second-order valence-electron chi connectivity index (χ2n) is 15.3. The number of benzene rings is 1. The van der Waals surface area contributed by atoms with E-state index in [0.29, 0.717) is 30.5 Å². The summed E-state index contributed by atoms with van der Waals surface area (Å²) in [6.45, 7) is 8.85. The van der Waals surface area contributed by atoms with Crippen LogP contribution in [0.5, 0.6) is 0 Å². The lowest BCUT2D eigenvalue weighted by Gasteiger charge is -2.33. The molecule has 6 unspecified atom stereocenters. The van der Waals surface area contributed by atoms with E-state index in [0.717, 1.165) is 0 Å². The van der Waals surface area contributed by atoms with Gasteiger partial charge in [0.15, 0.2) is 0 Å². The third-order valence-electron chi connectivity index (χ3n) is 9.33. The molecule has 2 amide bonds. The maximum Gasteiger partial charge on any atom is 0.348 e. The number of rotatable bonds is 12. The molecule has 1 aromatic carbocycles. The van der Waals surface area contributed by atoms with Crippen LogP contribution in [-0.2, 0) is 52.4 Å². The van der Waals surface area contributed by atoms with Gasteiger partial charge in [0.2, 0.25) is 17.9 Å². The van der Waals surface area contributed by atoms with Crippen LogP contribution >= 0.6 is 0 Å². The molecule has 4 aliphatic rings. The minimum atomic E-state index is -1.000. The first-order valence-corrected chi connectivity index (χ1v) is 17.8. The van der Waals surface area contributed by atoms with E-state index in [1.54, 1.807) is 52.8 Å². The number of aliphatic hydroxyl groups is 1. The number of hydrogen-bond acceptors (Lipinski definition) is 13. The predicted octanol–water partition coefficient (Wildman–Crippen LogP) is 2.38. The summed E-state index contributed by atoms with van der Waals surface area (Å²) in [6, 6.07) is 4.78. The van der Waals surface area contributed by atoms with Gasteiger partial charge in [-0.15, -0.1) is 0 Å². The number of amides is 2. The minimum Gasteiger partial charge on any atom is -0.462 e. The number of esters is 4. The largest absolute Gasteiger partial charge is 0.462 e.